The van der Waals surface area contributed by atoms with Crippen molar-refractivity contribution in [1.82, 2.24) is 5.32 Å². The monoisotopic (exact) mass is 488 g/mol. The largest absolute Gasteiger partial charge is 0.504 e. The zero-order valence-corrected chi connectivity index (χ0v) is 18.6. The summed E-state index contributed by atoms with van der Waals surface area (Å²) < 4.78 is 21.9. The van der Waals surface area contributed by atoms with Gasteiger partial charge in [0.05, 0.1) is 12.3 Å². The van der Waals surface area contributed by atoms with E-state index in [2.05, 4.69) is 16.6 Å². The zero-order chi connectivity index (χ0) is 24.6. The summed E-state index contributed by atoms with van der Waals surface area (Å²) in [5.74, 6) is 1.94. The molecule has 0 radical (unpaired) electrons. The van der Waals surface area contributed by atoms with Crippen LogP contribution in [-0.4, -0.2) is 79.7 Å². The van der Waals surface area contributed by atoms with Crippen LogP contribution in [0.2, 0.25) is 0 Å². The van der Waals surface area contributed by atoms with Gasteiger partial charge in [0, 0.05) is 24.7 Å². The zero-order valence-electron chi connectivity index (χ0n) is 17.7. The number of hydrogen-bond acceptors (Lipinski definition) is 8. The molecule has 2 rings (SSSR count). The lowest BCUT2D eigenvalue weighted by atomic mass is 9.97. The van der Waals surface area contributed by atoms with Crippen molar-refractivity contribution in [2.24, 2.45) is 0 Å². The number of aromatic hydroxyl groups is 1. The van der Waals surface area contributed by atoms with Gasteiger partial charge >= 0.3 is 13.6 Å². The highest BCUT2D eigenvalue weighted by Gasteiger charge is 2.45. The minimum Gasteiger partial charge on any atom is -0.504 e. The van der Waals surface area contributed by atoms with Crippen LogP contribution in [0.3, 0.4) is 0 Å². The SMILES string of the molecule is C#CCCCCNC(=O)Nc1ccc(O[C@H]2O[C@H](CCP(=O)(O)O)[C@@H](O)[C@H](O)[C@@H]2O)c(O)c1. The van der Waals surface area contributed by atoms with Crippen molar-refractivity contribution in [2.45, 2.75) is 56.4 Å². The second kappa shape index (κ2) is 12.2. The van der Waals surface area contributed by atoms with Crippen LogP contribution in [-0.2, 0) is 9.30 Å². The first-order valence-corrected chi connectivity index (χ1v) is 12.0. The number of hydrogen-bond donors (Lipinski definition) is 8. The van der Waals surface area contributed by atoms with Gasteiger partial charge in [-0.3, -0.25) is 4.57 Å². The third kappa shape index (κ3) is 8.49. The number of rotatable bonds is 10. The molecule has 33 heavy (non-hydrogen) atoms. The van der Waals surface area contributed by atoms with Crippen LogP contribution in [0.1, 0.15) is 25.7 Å². The quantitative estimate of drug-likeness (QED) is 0.127. The summed E-state index contributed by atoms with van der Waals surface area (Å²) in [5, 5.41) is 45.6. The maximum atomic E-state index is 11.9. The average Bonchev–Trinajstić information content (AvgIpc) is 2.74. The topological polar surface area (TPSA) is 198 Å². The van der Waals surface area contributed by atoms with Crippen molar-refractivity contribution in [2.75, 3.05) is 18.0 Å². The molecule has 0 aromatic heterocycles. The van der Waals surface area contributed by atoms with Crippen LogP contribution in [0.4, 0.5) is 10.5 Å². The van der Waals surface area contributed by atoms with Gasteiger partial charge in [-0.25, -0.2) is 4.79 Å². The molecular weight excluding hydrogens is 459 g/mol. The Kier molecular flexibility index (Phi) is 9.94. The molecule has 1 aliphatic heterocycles. The van der Waals surface area contributed by atoms with E-state index in [4.69, 9.17) is 25.7 Å². The average molecular weight is 488 g/mol. The first kappa shape index (κ1) is 26.9. The van der Waals surface area contributed by atoms with Crippen LogP contribution in [0.5, 0.6) is 11.5 Å². The van der Waals surface area contributed by atoms with Crippen molar-refractivity contribution in [1.29, 1.82) is 0 Å². The lowest BCUT2D eigenvalue weighted by Crippen LogP contribution is -2.59. The van der Waals surface area contributed by atoms with Gasteiger partial charge in [-0.05, 0) is 31.4 Å². The maximum Gasteiger partial charge on any atom is 0.325 e. The van der Waals surface area contributed by atoms with Gasteiger partial charge in [-0.15, -0.1) is 12.3 Å². The van der Waals surface area contributed by atoms with Crippen molar-refractivity contribution in [3.8, 4) is 23.8 Å². The van der Waals surface area contributed by atoms with E-state index in [1.807, 2.05) is 0 Å². The number of aliphatic hydroxyl groups is 3. The first-order chi connectivity index (χ1) is 15.5. The fraction of sp³-hybridized carbons (Fsp3) is 0.550. The number of carbonyl (C=O) groups excluding carboxylic acids is 1. The smallest absolute Gasteiger partial charge is 0.325 e. The molecule has 1 aromatic carbocycles. The highest BCUT2D eigenvalue weighted by atomic mass is 31.2. The lowest BCUT2D eigenvalue weighted by Gasteiger charge is -2.40. The molecule has 13 heteroatoms. The van der Waals surface area contributed by atoms with Gasteiger partial charge in [0.2, 0.25) is 6.29 Å². The molecule has 8 N–H and O–H groups in total. The first-order valence-electron chi connectivity index (χ1n) is 10.2. The van der Waals surface area contributed by atoms with E-state index in [-0.39, 0.29) is 17.9 Å². The Balaban J connectivity index is 1.96. The second-order valence-electron chi connectivity index (χ2n) is 7.53. The summed E-state index contributed by atoms with van der Waals surface area (Å²) in [6, 6.07) is 3.41. The Morgan fingerprint density at radius 3 is 2.55 bits per heavy atom. The number of amides is 2. The molecule has 1 aromatic rings. The van der Waals surface area contributed by atoms with Gasteiger partial charge < -0.3 is 50.3 Å². The summed E-state index contributed by atoms with van der Waals surface area (Å²) in [7, 11) is -4.38. The number of anilines is 1. The van der Waals surface area contributed by atoms with Gasteiger partial charge in [0.1, 0.15) is 18.3 Å². The Morgan fingerprint density at radius 1 is 1.18 bits per heavy atom. The molecule has 0 saturated carbocycles. The van der Waals surface area contributed by atoms with Crippen molar-refractivity contribution < 1.29 is 49.0 Å². The molecular formula is C20H29N2O10P. The lowest BCUT2D eigenvalue weighted by molar-refractivity contribution is -0.272. The molecule has 0 aliphatic carbocycles. The molecule has 184 valence electrons. The van der Waals surface area contributed by atoms with Crippen LogP contribution < -0.4 is 15.4 Å². The highest BCUT2D eigenvalue weighted by Crippen LogP contribution is 2.38. The van der Waals surface area contributed by atoms with E-state index in [1.54, 1.807) is 0 Å². The summed E-state index contributed by atoms with van der Waals surface area (Å²) in [5.41, 5.74) is 0.251. The number of aliphatic hydroxyl groups excluding tert-OH is 3. The van der Waals surface area contributed by atoms with E-state index >= 15 is 0 Å². The standard InChI is InChI=1S/C20H29N2O10P/c1-2-3-4-5-9-21-20(27)22-12-6-7-14(13(23)11-12)31-19-18(26)17(25)16(24)15(32-19)8-10-33(28,29)30/h1,6-7,11,15-19,23-26H,3-5,8-10H2,(H2,21,22,27)(H2,28,29,30)/t15-,16-,17+,18+,19+/m1/s1. The molecule has 0 spiro atoms. The predicted molar refractivity (Wildman–Crippen MR) is 117 cm³/mol. The van der Waals surface area contributed by atoms with Gasteiger partial charge in [-0.2, -0.15) is 0 Å². The molecule has 2 amide bonds. The van der Waals surface area contributed by atoms with Crippen LogP contribution in [0.25, 0.3) is 0 Å². The van der Waals surface area contributed by atoms with E-state index in [0.717, 1.165) is 12.8 Å². The number of phenols is 1. The number of carbonyl (C=O) groups is 1. The number of phenolic OH excluding ortho intramolecular Hbond substituents is 1. The van der Waals surface area contributed by atoms with E-state index in [1.165, 1.54) is 18.2 Å². The van der Waals surface area contributed by atoms with Crippen LogP contribution in [0.15, 0.2) is 18.2 Å². The van der Waals surface area contributed by atoms with Crippen LogP contribution in [0, 0.1) is 12.3 Å². The summed E-state index contributed by atoms with van der Waals surface area (Å²) in [6.45, 7) is 0.426. The Morgan fingerprint density at radius 2 is 1.91 bits per heavy atom. The van der Waals surface area contributed by atoms with Gasteiger partial charge in [-0.1, -0.05) is 0 Å². The van der Waals surface area contributed by atoms with E-state index < -0.39 is 56.2 Å². The Hall–Kier alpha value is -2.36. The Labute approximate surface area is 190 Å². The van der Waals surface area contributed by atoms with E-state index in [9.17, 15) is 29.8 Å². The Bertz CT molecular complexity index is 886. The fourth-order valence-electron chi connectivity index (χ4n) is 3.10. The highest BCUT2D eigenvalue weighted by molar-refractivity contribution is 7.51. The minimum absolute atomic E-state index is 0.156. The summed E-state index contributed by atoms with van der Waals surface area (Å²) in [6.07, 6.45) is -1.42. The third-order valence-corrected chi connectivity index (χ3v) is 5.71. The molecule has 12 nitrogen and oxygen atoms in total. The van der Waals surface area contributed by atoms with Crippen molar-refractivity contribution in [3.05, 3.63) is 18.2 Å². The molecule has 5 atom stereocenters. The number of benzene rings is 1. The predicted octanol–water partition coefficient (Wildman–Crippen LogP) is 0.0714. The molecule has 1 heterocycles. The van der Waals surface area contributed by atoms with Crippen molar-refractivity contribution in [3.63, 3.8) is 0 Å². The number of ether oxygens (including phenoxy) is 2. The maximum absolute atomic E-state index is 11.9. The molecule has 0 unspecified atom stereocenters. The van der Waals surface area contributed by atoms with E-state index in [0.29, 0.717) is 13.0 Å². The number of urea groups is 1. The normalized spacial score (nSPS) is 25.2. The summed E-state index contributed by atoms with van der Waals surface area (Å²) >= 11 is 0. The second-order valence-corrected chi connectivity index (χ2v) is 9.31. The minimum atomic E-state index is -4.38. The number of terminal acetylenes is 1. The van der Waals surface area contributed by atoms with Gasteiger partial charge in [0.15, 0.2) is 11.5 Å². The molecule has 1 aliphatic rings. The molecule has 1 saturated heterocycles. The van der Waals surface area contributed by atoms with Crippen LogP contribution >= 0.6 is 7.60 Å². The molecule has 0 bridgehead atoms. The third-order valence-electron chi connectivity index (χ3n) is 4.87. The summed E-state index contributed by atoms with van der Waals surface area (Å²) in [4.78, 5) is 29.9. The van der Waals surface area contributed by atoms with Crippen molar-refractivity contribution >= 4 is 19.3 Å². The number of nitrogens with one attached hydrogen (secondary N) is 2. The fourth-order valence-corrected chi connectivity index (χ4v) is 3.69. The molecule has 1 fully saturated rings. The number of unbranched alkanes of at least 4 members (excludes halogenated alkanes) is 2. The van der Waals surface area contributed by atoms with Gasteiger partial charge in [0.25, 0.3) is 0 Å².